The van der Waals surface area contributed by atoms with Gasteiger partial charge in [-0.05, 0) is 37.6 Å². The molecule has 0 aliphatic rings. The first-order valence-electron chi connectivity index (χ1n) is 5.94. The Morgan fingerprint density at radius 1 is 1.11 bits per heavy atom. The minimum absolute atomic E-state index is 0.0563. The number of hydrogen-bond donors (Lipinski definition) is 1. The quantitative estimate of drug-likeness (QED) is 0.899. The van der Waals surface area contributed by atoms with Crippen LogP contribution >= 0.6 is 0 Å². The molecule has 94 valence electrons. The lowest BCUT2D eigenvalue weighted by Crippen LogP contribution is -2.23. The highest BCUT2D eigenvalue weighted by atomic mass is 19.1. The molecule has 0 aromatic carbocycles. The maximum absolute atomic E-state index is 12.8. The molecular formula is C14H16FN3. The van der Waals surface area contributed by atoms with E-state index in [0.717, 1.165) is 11.3 Å². The lowest BCUT2D eigenvalue weighted by Gasteiger charge is -2.19. The molecule has 0 spiro atoms. The topological polar surface area (TPSA) is 37.8 Å². The summed E-state index contributed by atoms with van der Waals surface area (Å²) in [7, 11) is 0. The molecule has 0 amide bonds. The normalized spacial score (nSPS) is 14.2. The highest BCUT2D eigenvalue weighted by Gasteiger charge is 2.12. The van der Waals surface area contributed by atoms with Gasteiger partial charge in [-0.15, -0.1) is 0 Å². The number of halogens is 1. The predicted octanol–water partition coefficient (Wildman–Crippen LogP) is 3.03. The summed E-state index contributed by atoms with van der Waals surface area (Å²) < 4.78 is 12.8. The van der Waals surface area contributed by atoms with Crippen LogP contribution in [0.25, 0.3) is 0 Å². The molecule has 18 heavy (non-hydrogen) atoms. The van der Waals surface area contributed by atoms with Crippen molar-refractivity contribution in [2.24, 2.45) is 0 Å². The number of hydrogen-bond acceptors (Lipinski definition) is 3. The van der Waals surface area contributed by atoms with Gasteiger partial charge in [0.25, 0.3) is 0 Å². The second-order valence-corrected chi connectivity index (χ2v) is 4.30. The Balaban J connectivity index is 2.03. The van der Waals surface area contributed by atoms with E-state index in [4.69, 9.17) is 0 Å². The van der Waals surface area contributed by atoms with Crippen molar-refractivity contribution in [3.8, 4) is 0 Å². The molecule has 0 aliphatic heterocycles. The third-order valence-electron chi connectivity index (χ3n) is 2.88. The molecule has 4 heteroatoms. The summed E-state index contributed by atoms with van der Waals surface area (Å²) in [5.74, 6) is -0.314. The summed E-state index contributed by atoms with van der Waals surface area (Å²) in [5.41, 5.74) is 1.94. The van der Waals surface area contributed by atoms with Crippen molar-refractivity contribution >= 4 is 0 Å². The van der Waals surface area contributed by atoms with Gasteiger partial charge in [0.05, 0.1) is 11.9 Å². The van der Waals surface area contributed by atoms with Gasteiger partial charge in [-0.3, -0.25) is 9.97 Å². The molecule has 2 atom stereocenters. The Bertz CT molecular complexity index is 484. The van der Waals surface area contributed by atoms with Crippen LogP contribution in [0.3, 0.4) is 0 Å². The van der Waals surface area contributed by atoms with Crippen LogP contribution in [0.2, 0.25) is 0 Å². The van der Waals surface area contributed by atoms with Crippen LogP contribution in [-0.2, 0) is 0 Å². The monoisotopic (exact) mass is 245 g/mol. The minimum atomic E-state index is -0.314. The number of nitrogens with zero attached hydrogens (tertiary/aromatic N) is 2. The van der Waals surface area contributed by atoms with Gasteiger partial charge in [-0.2, -0.15) is 0 Å². The van der Waals surface area contributed by atoms with Crippen molar-refractivity contribution in [3.63, 3.8) is 0 Å². The van der Waals surface area contributed by atoms with Gasteiger partial charge < -0.3 is 5.32 Å². The van der Waals surface area contributed by atoms with Crippen molar-refractivity contribution in [1.82, 2.24) is 15.3 Å². The van der Waals surface area contributed by atoms with E-state index in [1.165, 1.54) is 12.3 Å². The third kappa shape index (κ3) is 3.11. The van der Waals surface area contributed by atoms with Crippen LogP contribution in [-0.4, -0.2) is 9.97 Å². The zero-order valence-corrected chi connectivity index (χ0v) is 10.5. The number of rotatable bonds is 4. The van der Waals surface area contributed by atoms with Gasteiger partial charge >= 0.3 is 0 Å². The van der Waals surface area contributed by atoms with Gasteiger partial charge in [-0.1, -0.05) is 6.07 Å². The molecule has 2 aromatic heterocycles. The number of nitrogens with one attached hydrogen (secondary N) is 1. The highest BCUT2D eigenvalue weighted by Crippen LogP contribution is 2.17. The number of aromatic nitrogens is 2. The molecule has 0 aliphatic carbocycles. The van der Waals surface area contributed by atoms with Gasteiger partial charge in [0, 0.05) is 24.5 Å². The van der Waals surface area contributed by atoms with Gasteiger partial charge in [0.2, 0.25) is 0 Å². The summed E-state index contributed by atoms with van der Waals surface area (Å²) in [6.45, 7) is 4.07. The lowest BCUT2D eigenvalue weighted by molar-refractivity contribution is 0.483. The van der Waals surface area contributed by atoms with Crippen molar-refractivity contribution in [3.05, 3.63) is 59.9 Å². The average Bonchev–Trinajstić information content (AvgIpc) is 2.40. The molecule has 2 unspecified atom stereocenters. The minimum Gasteiger partial charge on any atom is -0.302 e. The van der Waals surface area contributed by atoms with Crippen LogP contribution in [0.5, 0.6) is 0 Å². The van der Waals surface area contributed by atoms with E-state index >= 15 is 0 Å². The zero-order chi connectivity index (χ0) is 13.0. The smallest absolute Gasteiger partial charge is 0.141 e. The highest BCUT2D eigenvalue weighted by molar-refractivity contribution is 5.15. The summed E-state index contributed by atoms with van der Waals surface area (Å²) >= 11 is 0. The van der Waals surface area contributed by atoms with Gasteiger partial charge in [-0.25, -0.2) is 4.39 Å². The first kappa shape index (κ1) is 12.6. The van der Waals surface area contributed by atoms with Crippen LogP contribution < -0.4 is 5.32 Å². The fourth-order valence-corrected chi connectivity index (χ4v) is 1.83. The van der Waals surface area contributed by atoms with E-state index in [0.29, 0.717) is 0 Å². The molecule has 0 fully saturated rings. The molecule has 3 nitrogen and oxygen atoms in total. The van der Waals surface area contributed by atoms with Crippen LogP contribution in [0.4, 0.5) is 4.39 Å². The molecule has 2 rings (SSSR count). The van der Waals surface area contributed by atoms with E-state index in [-0.39, 0.29) is 17.9 Å². The SMILES string of the molecule is CC(NC(C)c1ccc(F)cn1)c1cccnc1. The molecule has 0 saturated heterocycles. The molecule has 2 heterocycles. The van der Waals surface area contributed by atoms with Crippen molar-refractivity contribution in [1.29, 1.82) is 0 Å². The van der Waals surface area contributed by atoms with Gasteiger partial charge in [0.15, 0.2) is 0 Å². The summed E-state index contributed by atoms with van der Waals surface area (Å²) in [6, 6.07) is 7.28. The third-order valence-corrected chi connectivity index (χ3v) is 2.88. The number of pyridine rings is 2. The van der Waals surface area contributed by atoms with Crippen LogP contribution in [0, 0.1) is 5.82 Å². The van der Waals surface area contributed by atoms with E-state index in [9.17, 15) is 4.39 Å². The molecule has 0 bridgehead atoms. The Labute approximate surface area is 106 Å². The van der Waals surface area contributed by atoms with E-state index in [1.54, 1.807) is 12.3 Å². The molecule has 0 saturated carbocycles. The second-order valence-electron chi connectivity index (χ2n) is 4.30. The molecular weight excluding hydrogens is 229 g/mol. The molecule has 1 N–H and O–H groups in total. The fourth-order valence-electron chi connectivity index (χ4n) is 1.83. The van der Waals surface area contributed by atoms with Gasteiger partial charge in [0.1, 0.15) is 5.82 Å². The fraction of sp³-hybridized carbons (Fsp3) is 0.286. The van der Waals surface area contributed by atoms with Crippen molar-refractivity contribution < 1.29 is 4.39 Å². The zero-order valence-electron chi connectivity index (χ0n) is 10.5. The van der Waals surface area contributed by atoms with E-state index < -0.39 is 0 Å². The average molecular weight is 245 g/mol. The Hall–Kier alpha value is -1.81. The molecule has 0 radical (unpaired) electrons. The first-order valence-corrected chi connectivity index (χ1v) is 5.94. The first-order chi connectivity index (χ1) is 8.66. The maximum atomic E-state index is 12.8. The van der Waals surface area contributed by atoms with Crippen molar-refractivity contribution in [2.45, 2.75) is 25.9 Å². The Morgan fingerprint density at radius 2 is 1.94 bits per heavy atom. The Morgan fingerprint density at radius 3 is 2.56 bits per heavy atom. The van der Waals surface area contributed by atoms with Crippen LogP contribution in [0.15, 0.2) is 42.9 Å². The summed E-state index contributed by atoms with van der Waals surface area (Å²) in [6.07, 6.45) is 4.83. The summed E-state index contributed by atoms with van der Waals surface area (Å²) in [5, 5.41) is 3.41. The predicted molar refractivity (Wildman–Crippen MR) is 68.4 cm³/mol. The van der Waals surface area contributed by atoms with E-state index in [2.05, 4.69) is 22.2 Å². The second kappa shape index (κ2) is 5.69. The van der Waals surface area contributed by atoms with Crippen molar-refractivity contribution in [2.75, 3.05) is 0 Å². The maximum Gasteiger partial charge on any atom is 0.141 e. The standard InChI is InChI=1S/C14H16FN3/c1-10(12-4-3-7-16-8-12)18-11(2)14-6-5-13(15)9-17-14/h3-11,18H,1-2H3. The molecule has 2 aromatic rings. The Kier molecular flexibility index (Phi) is 3.99. The van der Waals surface area contributed by atoms with Crippen LogP contribution in [0.1, 0.15) is 37.2 Å². The van der Waals surface area contributed by atoms with E-state index in [1.807, 2.05) is 25.3 Å². The lowest BCUT2D eigenvalue weighted by atomic mass is 10.1. The largest absolute Gasteiger partial charge is 0.302 e. The summed E-state index contributed by atoms with van der Waals surface area (Å²) in [4.78, 5) is 8.16.